The highest BCUT2D eigenvalue weighted by molar-refractivity contribution is 6.31. The Morgan fingerprint density at radius 1 is 1.21 bits per heavy atom. The van der Waals surface area contributed by atoms with Crippen LogP contribution in [0.3, 0.4) is 0 Å². The molecule has 0 aromatic heterocycles. The minimum absolute atomic E-state index is 0. The third kappa shape index (κ3) is 5.69. The molecular formula is C22H27Cl2FN2O. The predicted octanol–water partition coefficient (Wildman–Crippen LogP) is 5.63. The number of carbonyl (C=O) groups is 1. The number of hydrogen-bond acceptors (Lipinski definition) is 3. The fourth-order valence-corrected chi connectivity index (χ4v) is 3.93. The van der Waals surface area contributed by atoms with Gasteiger partial charge in [-0.05, 0) is 87.1 Å². The number of ketones is 1. The summed E-state index contributed by atoms with van der Waals surface area (Å²) in [6.45, 7) is 4.98. The van der Waals surface area contributed by atoms with Gasteiger partial charge in [0.15, 0.2) is 5.78 Å². The average Bonchev–Trinajstić information content (AvgIpc) is 2.64. The maximum Gasteiger partial charge on any atom is 0.164 e. The van der Waals surface area contributed by atoms with E-state index in [1.54, 1.807) is 0 Å². The maximum absolute atomic E-state index is 13.1. The summed E-state index contributed by atoms with van der Waals surface area (Å²) in [4.78, 5) is 14.7. The summed E-state index contributed by atoms with van der Waals surface area (Å²) >= 11 is 6.26. The number of benzene rings is 2. The van der Waals surface area contributed by atoms with E-state index < -0.39 is 5.82 Å². The summed E-state index contributed by atoms with van der Waals surface area (Å²) in [6, 6.07) is 10.3. The summed E-state index contributed by atoms with van der Waals surface area (Å²) in [6.07, 6.45) is 3.44. The van der Waals surface area contributed by atoms with E-state index in [0.717, 1.165) is 49.5 Å². The summed E-state index contributed by atoms with van der Waals surface area (Å²) in [7, 11) is 0. The molecule has 0 radical (unpaired) electrons. The molecule has 152 valence electrons. The van der Waals surface area contributed by atoms with Crippen molar-refractivity contribution < 1.29 is 9.18 Å². The topological polar surface area (TPSA) is 46.3 Å². The van der Waals surface area contributed by atoms with Crippen molar-refractivity contribution in [2.75, 3.05) is 25.4 Å². The van der Waals surface area contributed by atoms with Gasteiger partial charge in [-0.25, -0.2) is 4.39 Å². The second-order valence-electron chi connectivity index (χ2n) is 7.38. The number of hydrogen-bond donors (Lipinski definition) is 1. The first-order valence-corrected chi connectivity index (χ1v) is 9.88. The molecule has 2 aromatic carbocycles. The van der Waals surface area contributed by atoms with E-state index in [4.69, 9.17) is 17.3 Å². The number of nitrogens with two attached hydrogens (primary N) is 1. The van der Waals surface area contributed by atoms with Crippen LogP contribution in [0.5, 0.6) is 0 Å². The number of nitrogens with zero attached hydrogens (tertiary/aromatic N) is 1. The molecule has 3 nitrogen and oxygen atoms in total. The van der Waals surface area contributed by atoms with Gasteiger partial charge in [0, 0.05) is 22.7 Å². The van der Waals surface area contributed by atoms with Crippen LogP contribution >= 0.6 is 24.0 Å². The zero-order chi connectivity index (χ0) is 19.4. The monoisotopic (exact) mass is 424 g/mol. The van der Waals surface area contributed by atoms with Crippen LogP contribution in [0.4, 0.5) is 10.1 Å². The van der Waals surface area contributed by atoms with E-state index in [-0.39, 0.29) is 23.9 Å². The Kier molecular flexibility index (Phi) is 8.29. The van der Waals surface area contributed by atoms with Gasteiger partial charge in [-0.15, -0.1) is 12.4 Å². The number of piperidine rings is 1. The van der Waals surface area contributed by atoms with Gasteiger partial charge >= 0.3 is 0 Å². The molecule has 6 heteroatoms. The number of carbonyl (C=O) groups excluding carboxylic acids is 1. The number of Topliss-reactive ketones (excluding diaryl/α,β-unsaturated/α-hetero) is 1. The van der Waals surface area contributed by atoms with Gasteiger partial charge in [0.2, 0.25) is 0 Å². The van der Waals surface area contributed by atoms with Crippen molar-refractivity contribution in [3.05, 3.63) is 63.9 Å². The quantitative estimate of drug-likeness (QED) is 0.482. The highest BCUT2D eigenvalue weighted by Crippen LogP contribution is 2.30. The average molecular weight is 425 g/mol. The molecule has 1 heterocycles. The first kappa shape index (κ1) is 22.7. The largest absolute Gasteiger partial charge is 0.398 e. The smallest absolute Gasteiger partial charge is 0.164 e. The van der Waals surface area contributed by atoms with E-state index >= 15 is 0 Å². The highest BCUT2D eigenvalue weighted by Gasteiger charge is 2.21. The standard InChI is InChI=1S/C22H26ClFN2O.ClH/c1-15-4-5-17(13-20(15)23)16-8-11-26(12-9-16)10-2-3-22(27)19-7-6-18(24)14-21(19)25;/h4-7,13-14,16H,2-3,8-12,25H2,1H3;1H. The fraction of sp³-hybridized carbons (Fsp3) is 0.409. The summed E-state index contributed by atoms with van der Waals surface area (Å²) in [5, 5.41) is 0.841. The lowest BCUT2D eigenvalue weighted by atomic mass is 9.89. The van der Waals surface area contributed by atoms with Gasteiger partial charge in [0.25, 0.3) is 0 Å². The van der Waals surface area contributed by atoms with E-state index in [9.17, 15) is 9.18 Å². The van der Waals surface area contributed by atoms with Crippen molar-refractivity contribution in [1.82, 2.24) is 4.90 Å². The van der Waals surface area contributed by atoms with E-state index in [1.165, 1.54) is 23.8 Å². The number of rotatable bonds is 6. The van der Waals surface area contributed by atoms with Gasteiger partial charge in [-0.2, -0.15) is 0 Å². The molecule has 0 spiro atoms. The van der Waals surface area contributed by atoms with Crippen LogP contribution in [0.1, 0.15) is 53.1 Å². The molecule has 1 aliphatic rings. The van der Waals surface area contributed by atoms with Crippen molar-refractivity contribution >= 4 is 35.5 Å². The van der Waals surface area contributed by atoms with Crippen LogP contribution in [0.2, 0.25) is 5.02 Å². The summed E-state index contributed by atoms with van der Waals surface area (Å²) in [5.74, 6) is 0.124. The molecule has 0 unspecified atom stereocenters. The Hall–Kier alpha value is -1.62. The molecule has 0 saturated carbocycles. The fourth-order valence-electron chi connectivity index (χ4n) is 3.74. The van der Waals surface area contributed by atoms with Crippen LogP contribution in [0.15, 0.2) is 36.4 Å². The lowest BCUT2D eigenvalue weighted by Gasteiger charge is -2.32. The maximum atomic E-state index is 13.1. The van der Waals surface area contributed by atoms with Gasteiger partial charge in [-0.1, -0.05) is 23.7 Å². The van der Waals surface area contributed by atoms with Crippen LogP contribution < -0.4 is 5.73 Å². The molecule has 1 saturated heterocycles. The molecule has 1 fully saturated rings. The summed E-state index contributed by atoms with van der Waals surface area (Å²) in [5.41, 5.74) is 8.83. The first-order valence-electron chi connectivity index (χ1n) is 9.50. The SMILES string of the molecule is Cc1ccc(C2CCN(CCCC(=O)c3ccc(F)cc3N)CC2)cc1Cl.Cl. The lowest BCUT2D eigenvalue weighted by molar-refractivity contribution is 0.0973. The zero-order valence-electron chi connectivity index (χ0n) is 16.1. The van der Waals surface area contributed by atoms with Gasteiger partial charge in [0.05, 0.1) is 0 Å². The number of halogens is 3. The third-order valence-corrected chi connectivity index (χ3v) is 5.85. The second-order valence-corrected chi connectivity index (χ2v) is 7.79. The third-order valence-electron chi connectivity index (χ3n) is 5.45. The Morgan fingerprint density at radius 3 is 2.57 bits per heavy atom. The molecular weight excluding hydrogens is 398 g/mol. The Balaban J connectivity index is 0.00000280. The predicted molar refractivity (Wildman–Crippen MR) is 116 cm³/mol. The Bertz CT molecular complexity index is 820. The van der Waals surface area contributed by atoms with Crippen molar-refractivity contribution in [3.63, 3.8) is 0 Å². The molecule has 2 N–H and O–H groups in total. The summed E-state index contributed by atoms with van der Waals surface area (Å²) < 4.78 is 13.1. The number of aryl methyl sites for hydroxylation is 1. The minimum Gasteiger partial charge on any atom is -0.398 e. The minimum atomic E-state index is -0.415. The van der Waals surface area contributed by atoms with Crippen molar-refractivity contribution in [2.24, 2.45) is 0 Å². The molecule has 3 rings (SSSR count). The number of likely N-dealkylation sites (tertiary alicyclic amines) is 1. The Morgan fingerprint density at radius 2 is 1.93 bits per heavy atom. The molecule has 2 aromatic rings. The van der Waals surface area contributed by atoms with Crippen LogP contribution in [-0.4, -0.2) is 30.3 Å². The van der Waals surface area contributed by atoms with Crippen LogP contribution in [0.25, 0.3) is 0 Å². The van der Waals surface area contributed by atoms with Gasteiger partial charge in [0.1, 0.15) is 5.82 Å². The van der Waals surface area contributed by atoms with E-state index in [2.05, 4.69) is 23.1 Å². The van der Waals surface area contributed by atoms with Crippen molar-refractivity contribution in [2.45, 2.75) is 38.5 Å². The van der Waals surface area contributed by atoms with Crippen LogP contribution in [-0.2, 0) is 0 Å². The zero-order valence-corrected chi connectivity index (χ0v) is 17.7. The van der Waals surface area contributed by atoms with E-state index in [1.807, 2.05) is 6.92 Å². The lowest BCUT2D eigenvalue weighted by Crippen LogP contribution is -2.33. The van der Waals surface area contributed by atoms with Gasteiger partial charge in [-0.3, -0.25) is 4.79 Å². The van der Waals surface area contributed by atoms with Gasteiger partial charge < -0.3 is 10.6 Å². The Labute approximate surface area is 177 Å². The second kappa shape index (κ2) is 10.2. The van der Waals surface area contributed by atoms with Crippen molar-refractivity contribution in [3.8, 4) is 0 Å². The molecule has 28 heavy (non-hydrogen) atoms. The molecule has 0 atom stereocenters. The number of nitrogen functional groups attached to an aromatic ring is 1. The molecule has 0 aliphatic carbocycles. The normalized spacial score (nSPS) is 15.2. The van der Waals surface area contributed by atoms with E-state index in [0.29, 0.717) is 17.9 Å². The van der Waals surface area contributed by atoms with Crippen LogP contribution in [0, 0.1) is 12.7 Å². The molecule has 1 aliphatic heterocycles. The first-order chi connectivity index (χ1) is 12.9. The number of anilines is 1. The molecule has 0 bridgehead atoms. The molecule has 0 amide bonds. The highest BCUT2D eigenvalue weighted by atomic mass is 35.5. The van der Waals surface area contributed by atoms with Crippen molar-refractivity contribution in [1.29, 1.82) is 0 Å².